The van der Waals surface area contributed by atoms with Gasteiger partial charge in [-0.1, -0.05) is 33.1 Å². The predicted molar refractivity (Wildman–Crippen MR) is 76.5 cm³/mol. The first-order valence-electron chi connectivity index (χ1n) is 7.82. The molecule has 1 aliphatic rings. The van der Waals surface area contributed by atoms with Crippen LogP contribution in [0.15, 0.2) is 0 Å². The van der Waals surface area contributed by atoms with Crippen molar-refractivity contribution in [3.8, 4) is 0 Å². The van der Waals surface area contributed by atoms with Crippen molar-refractivity contribution < 1.29 is 14.6 Å². The highest BCUT2D eigenvalue weighted by atomic mass is 16.7. The van der Waals surface area contributed by atoms with E-state index in [2.05, 4.69) is 18.7 Å². The van der Waals surface area contributed by atoms with Gasteiger partial charge in [-0.05, 0) is 45.2 Å². The Hall–Kier alpha value is -0.770. The van der Waals surface area contributed by atoms with E-state index in [1.54, 1.807) is 0 Å². The molecule has 0 aromatic heterocycles. The van der Waals surface area contributed by atoms with Gasteiger partial charge in [0.2, 0.25) is 0 Å². The fraction of sp³-hybridized carbons (Fsp3) is 0.933. The summed E-state index contributed by atoms with van der Waals surface area (Å²) in [5, 5.41) is 8.88. The van der Waals surface area contributed by atoms with Crippen molar-refractivity contribution in [1.29, 1.82) is 0 Å². The number of unbranched alkanes of at least 4 members (excludes halogenated alkanes) is 2. The molecule has 1 aliphatic carbocycles. The van der Waals surface area contributed by atoms with Gasteiger partial charge in [-0.3, -0.25) is 4.90 Å². The molecule has 112 valence electrons. The quantitative estimate of drug-likeness (QED) is 0.680. The van der Waals surface area contributed by atoms with Crippen molar-refractivity contribution in [3.05, 3.63) is 0 Å². The topological polar surface area (TPSA) is 49.8 Å². The van der Waals surface area contributed by atoms with E-state index in [1.807, 2.05) is 0 Å². The second-order valence-corrected chi connectivity index (χ2v) is 5.52. The lowest BCUT2D eigenvalue weighted by Gasteiger charge is -2.39. The lowest BCUT2D eigenvalue weighted by molar-refractivity contribution is -0.0186. The number of rotatable bonds is 8. The van der Waals surface area contributed by atoms with Crippen LogP contribution in [0.1, 0.15) is 65.2 Å². The first kappa shape index (κ1) is 16.3. The number of carbonyl (C=O) groups is 1. The van der Waals surface area contributed by atoms with Crippen LogP contribution in [0.3, 0.4) is 0 Å². The number of carboxylic acid groups (broad SMARTS) is 1. The summed E-state index contributed by atoms with van der Waals surface area (Å²) in [5.74, 6) is 0. The van der Waals surface area contributed by atoms with E-state index < -0.39 is 6.16 Å². The monoisotopic (exact) mass is 271 g/mol. The number of nitrogens with zero attached hydrogens (tertiary/aromatic N) is 1. The second kappa shape index (κ2) is 9.18. The van der Waals surface area contributed by atoms with Crippen LogP contribution in [0.25, 0.3) is 0 Å². The Labute approximate surface area is 117 Å². The van der Waals surface area contributed by atoms with E-state index in [1.165, 1.54) is 32.1 Å². The molecule has 2 atom stereocenters. The molecule has 1 rings (SSSR count). The highest BCUT2D eigenvalue weighted by Gasteiger charge is 2.32. The van der Waals surface area contributed by atoms with Gasteiger partial charge >= 0.3 is 6.16 Å². The Kier molecular flexibility index (Phi) is 7.87. The molecule has 0 saturated heterocycles. The van der Waals surface area contributed by atoms with Gasteiger partial charge in [0.15, 0.2) is 0 Å². The van der Waals surface area contributed by atoms with Gasteiger partial charge in [-0.2, -0.15) is 0 Å². The van der Waals surface area contributed by atoms with Crippen molar-refractivity contribution in [2.75, 3.05) is 13.1 Å². The molecule has 0 amide bonds. The zero-order chi connectivity index (χ0) is 14.1. The van der Waals surface area contributed by atoms with Crippen LogP contribution in [0.5, 0.6) is 0 Å². The van der Waals surface area contributed by atoms with E-state index in [0.29, 0.717) is 6.04 Å². The zero-order valence-corrected chi connectivity index (χ0v) is 12.4. The summed E-state index contributed by atoms with van der Waals surface area (Å²) < 4.78 is 5.12. The van der Waals surface area contributed by atoms with E-state index >= 15 is 0 Å². The Morgan fingerprint density at radius 2 is 1.74 bits per heavy atom. The molecule has 1 fully saturated rings. The van der Waals surface area contributed by atoms with Crippen LogP contribution in [0.2, 0.25) is 0 Å². The standard InChI is InChI=1S/C15H29NO3/c1-3-5-11-16(12-6-4-2)13-9-7-8-10-14(13)19-15(17)18/h13-14H,3-12H2,1-2H3,(H,17,18). The highest BCUT2D eigenvalue weighted by Crippen LogP contribution is 2.26. The first-order chi connectivity index (χ1) is 9.19. The van der Waals surface area contributed by atoms with Gasteiger partial charge in [0, 0.05) is 6.04 Å². The molecular formula is C15H29NO3. The van der Waals surface area contributed by atoms with Gasteiger partial charge in [-0.25, -0.2) is 4.79 Å². The van der Waals surface area contributed by atoms with Crippen LogP contribution in [0.4, 0.5) is 4.79 Å². The number of hydrogen-bond donors (Lipinski definition) is 1. The molecule has 4 nitrogen and oxygen atoms in total. The van der Waals surface area contributed by atoms with Gasteiger partial charge in [0.25, 0.3) is 0 Å². The Morgan fingerprint density at radius 3 is 2.26 bits per heavy atom. The molecule has 19 heavy (non-hydrogen) atoms. The summed E-state index contributed by atoms with van der Waals surface area (Å²) in [6.07, 6.45) is 7.71. The normalized spacial score (nSPS) is 23.5. The maximum Gasteiger partial charge on any atom is 0.506 e. The van der Waals surface area contributed by atoms with Crippen molar-refractivity contribution in [3.63, 3.8) is 0 Å². The summed E-state index contributed by atoms with van der Waals surface area (Å²) >= 11 is 0. The summed E-state index contributed by atoms with van der Waals surface area (Å²) in [7, 11) is 0. The molecule has 1 N–H and O–H groups in total. The van der Waals surface area contributed by atoms with E-state index in [0.717, 1.165) is 32.4 Å². The van der Waals surface area contributed by atoms with Crippen molar-refractivity contribution in [1.82, 2.24) is 4.90 Å². The fourth-order valence-electron chi connectivity index (χ4n) is 2.93. The molecule has 0 bridgehead atoms. The lowest BCUT2D eigenvalue weighted by atomic mass is 9.90. The maximum absolute atomic E-state index is 10.8. The van der Waals surface area contributed by atoms with E-state index in [4.69, 9.17) is 9.84 Å². The summed E-state index contributed by atoms with van der Waals surface area (Å²) in [6.45, 7) is 6.54. The van der Waals surface area contributed by atoms with Crippen LogP contribution >= 0.6 is 0 Å². The van der Waals surface area contributed by atoms with Crippen LogP contribution in [-0.4, -0.2) is 41.4 Å². The highest BCUT2D eigenvalue weighted by molar-refractivity contribution is 5.57. The van der Waals surface area contributed by atoms with Crippen molar-refractivity contribution in [2.24, 2.45) is 0 Å². The Balaban J connectivity index is 2.61. The van der Waals surface area contributed by atoms with Crippen molar-refractivity contribution in [2.45, 2.75) is 77.4 Å². The van der Waals surface area contributed by atoms with Crippen LogP contribution in [0, 0.1) is 0 Å². The van der Waals surface area contributed by atoms with Gasteiger partial charge < -0.3 is 9.84 Å². The second-order valence-electron chi connectivity index (χ2n) is 5.52. The molecule has 0 aromatic rings. The van der Waals surface area contributed by atoms with Crippen molar-refractivity contribution >= 4 is 6.16 Å². The first-order valence-corrected chi connectivity index (χ1v) is 7.82. The smallest absolute Gasteiger partial charge is 0.450 e. The SMILES string of the molecule is CCCCN(CCCC)C1CCCCC1OC(=O)O. The van der Waals surface area contributed by atoms with E-state index in [9.17, 15) is 4.79 Å². The minimum atomic E-state index is -1.12. The molecule has 0 heterocycles. The molecule has 1 saturated carbocycles. The Morgan fingerprint density at radius 1 is 1.16 bits per heavy atom. The zero-order valence-electron chi connectivity index (χ0n) is 12.4. The molecule has 2 unspecified atom stereocenters. The molecule has 0 aliphatic heterocycles. The summed E-state index contributed by atoms with van der Waals surface area (Å²) in [5.41, 5.74) is 0. The average molecular weight is 271 g/mol. The minimum absolute atomic E-state index is 0.125. The predicted octanol–water partition coefficient (Wildman–Crippen LogP) is 3.89. The molecule has 4 heteroatoms. The summed E-state index contributed by atoms with van der Waals surface area (Å²) in [6, 6.07) is 0.294. The number of hydrogen-bond acceptors (Lipinski definition) is 3. The third-order valence-electron chi connectivity index (χ3n) is 3.99. The number of ether oxygens (including phenoxy) is 1. The van der Waals surface area contributed by atoms with Gasteiger partial charge in [-0.15, -0.1) is 0 Å². The molecule has 0 spiro atoms. The van der Waals surface area contributed by atoms with Crippen LogP contribution < -0.4 is 0 Å². The van der Waals surface area contributed by atoms with Gasteiger partial charge in [0.05, 0.1) is 0 Å². The Bertz CT molecular complexity index is 250. The lowest BCUT2D eigenvalue weighted by Crippen LogP contribution is -2.48. The van der Waals surface area contributed by atoms with Gasteiger partial charge in [0.1, 0.15) is 6.10 Å². The third kappa shape index (κ3) is 5.81. The minimum Gasteiger partial charge on any atom is -0.450 e. The van der Waals surface area contributed by atoms with Crippen LogP contribution in [-0.2, 0) is 4.74 Å². The molecule has 0 radical (unpaired) electrons. The third-order valence-corrected chi connectivity index (χ3v) is 3.99. The largest absolute Gasteiger partial charge is 0.506 e. The fourth-order valence-corrected chi connectivity index (χ4v) is 2.93. The van der Waals surface area contributed by atoms with E-state index in [-0.39, 0.29) is 6.10 Å². The molecule has 0 aromatic carbocycles. The average Bonchev–Trinajstić information content (AvgIpc) is 2.39. The maximum atomic E-state index is 10.8. The molecular weight excluding hydrogens is 242 g/mol. The summed E-state index contributed by atoms with van der Waals surface area (Å²) in [4.78, 5) is 13.3.